The number of pyridine rings is 1. The van der Waals surface area contributed by atoms with Crippen LogP contribution >= 0.6 is 0 Å². The van der Waals surface area contributed by atoms with E-state index in [1.54, 1.807) is 7.11 Å². The van der Waals surface area contributed by atoms with Crippen LogP contribution in [0.5, 0.6) is 5.75 Å². The number of nitrogens with zero attached hydrogens (tertiary/aromatic N) is 2. The molecule has 0 spiro atoms. The molecule has 1 unspecified atom stereocenters. The van der Waals surface area contributed by atoms with Gasteiger partial charge in [0.15, 0.2) is 0 Å². The van der Waals surface area contributed by atoms with Crippen molar-refractivity contribution in [3.63, 3.8) is 0 Å². The minimum Gasteiger partial charge on any atom is -0.497 e. The lowest BCUT2D eigenvalue weighted by Gasteiger charge is -2.18. The zero-order valence-corrected chi connectivity index (χ0v) is 13.0. The minimum atomic E-state index is -0.177. The average Bonchev–Trinajstić information content (AvgIpc) is 3.07. The summed E-state index contributed by atoms with van der Waals surface area (Å²) >= 11 is 0. The molecule has 0 saturated heterocycles. The van der Waals surface area contributed by atoms with Crippen LogP contribution in [-0.2, 0) is 0 Å². The molecule has 0 bridgehead atoms. The smallest absolute Gasteiger partial charge is 0.143 e. The van der Waals surface area contributed by atoms with Crippen molar-refractivity contribution < 1.29 is 4.74 Å². The van der Waals surface area contributed by atoms with Crippen molar-refractivity contribution in [2.75, 3.05) is 12.5 Å². The molecule has 0 radical (unpaired) electrons. The van der Waals surface area contributed by atoms with Crippen LogP contribution in [0.25, 0.3) is 10.9 Å². The van der Waals surface area contributed by atoms with Gasteiger partial charge in [0.25, 0.3) is 0 Å². The van der Waals surface area contributed by atoms with E-state index in [1.807, 2.05) is 53.1 Å². The van der Waals surface area contributed by atoms with Crippen molar-refractivity contribution in [1.29, 1.82) is 10.7 Å². The Morgan fingerprint density at radius 3 is 2.62 bits per heavy atom. The highest BCUT2D eigenvalue weighted by Crippen LogP contribution is 2.32. The Labute approximate surface area is 138 Å². The van der Waals surface area contributed by atoms with E-state index in [2.05, 4.69) is 16.9 Å². The second-order valence-electron chi connectivity index (χ2n) is 5.54. The Hall–Kier alpha value is -3.30. The number of anilines is 1. The summed E-state index contributed by atoms with van der Waals surface area (Å²) in [6.07, 6.45) is -0.177. The van der Waals surface area contributed by atoms with E-state index in [9.17, 15) is 5.26 Å². The molecule has 0 fully saturated rings. The minimum absolute atomic E-state index is 0.177. The van der Waals surface area contributed by atoms with Crippen LogP contribution < -0.4 is 20.9 Å². The number of methoxy groups -OCH3 is 1. The first-order valence-electron chi connectivity index (χ1n) is 7.52. The molecule has 1 atom stereocenters. The van der Waals surface area contributed by atoms with E-state index in [1.165, 1.54) is 0 Å². The summed E-state index contributed by atoms with van der Waals surface area (Å²) in [6.45, 7) is 0. The summed E-state index contributed by atoms with van der Waals surface area (Å²) in [5.41, 5.74) is 8.53. The van der Waals surface area contributed by atoms with Gasteiger partial charge in [-0.2, -0.15) is 5.26 Å². The number of nitrogens with one attached hydrogen (secondary N) is 3. The van der Waals surface area contributed by atoms with Crippen molar-refractivity contribution in [3.8, 4) is 11.8 Å². The van der Waals surface area contributed by atoms with Gasteiger partial charge in [0.2, 0.25) is 0 Å². The first-order chi connectivity index (χ1) is 11.7. The molecule has 4 rings (SSSR count). The maximum absolute atomic E-state index is 9.50. The zero-order chi connectivity index (χ0) is 16.7. The van der Waals surface area contributed by atoms with Crippen LogP contribution in [0.15, 0.2) is 48.5 Å². The summed E-state index contributed by atoms with van der Waals surface area (Å²) in [4.78, 5) is 0. The highest BCUT2D eigenvalue weighted by atomic mass is 16.5. The maximum Gasteiger partial charge on any atom is 0.143 e. The second-order valence-corrected chi connectivity index (χ2v) is 5.54. The molecular weight excluding hydrogens is 302 g/mol. The molecule has 118 valence electrons. The number of benzene rings is 2. The van der Waals surface area contributed by atoms with Crippen molar-refractivity contribution in [1.82, 2.24) is 9.99 Å². The average molecular weight is 317 g/mol. The number of hydrazine groups is 1. The van der Waals surface area contributed by atoms with Gasteiger partial charge in [-0.05, 0) is 23.8 Å². The molecule has 3 N–H and O–H groups in total. The van der Waals surface area contributed by atoms with Gasteiger partial charge >= 0.3 is 0 Å². The second kappa shape index (κ2) is 5.41. The van der Waals surface area contributed by atoms with Crippen LogP contribution in [0.2, 0.25) is 0 Å². The summed E-state index contributed by atoms with van der Waals surface area (Å²) in [5.74, 6) is 1.40. The van der Waals surface area contributed by atoms with Gasteiger partial charge in [0.05, 0.1) is 18.0 Å². The number of rotatable bonds is 2. The molecule has 2 aromatic carbocycles. The van der Waals surface area contributed by atoms with Crippen LogP contribution in [0.4, 0.5) is 5.82 Å². The predicted molar refractivity (Wildman–Crippen MR) is 90.4 cm³/mol. The normalized spacial score (nSPS) is 15.6. The Morgan fingerprint density at radius 1 is 1.17 bits per heavy atom. The van der Waals surface area contributed by atoms with Gasteiger partial charge in [0, 0.05) is 5.39 Å². The highest BCUT2D eigenvalue weighted by Gasteiger charge is 2.27. The van der Waals surface area contributed by atoms with Gasteiger partial charge in [-0.1, -0.05) is 30.3 Å². The first kappa shape index (κ1) is 14.3. The summed E-state index contributed by atoms with van der Waals surface area (Å²) in [5, 5.41) is 18.8. The molecule has 0 amide bonds. The van der Waals surface area contributed by atoms with Crippen LogP contribution in [0, 0.1) is 16.7 Å². The topological polar surface area (TPSA) is 85.9 Å². The number of fused-ring (bicyclic) bond motifs is 3. The van der Waals surface area contributed by atoms with Gasteiger partial charge in [-0.3, -0.25) is 5.41 Å². The van der Waals surface area contributed by atoms with Gasteiger partial charge < -0.3 is 14.7 Å². The molecule has 1 aromatic heterocycles. The third-order valence-electron chi connectivity index (χ3n) is 4.29. The fourth-order valence-corrected chi connectivity index (χ4v) is 3.11. The summed E-state index contributed by atoms with van der Waals surface area (Å²) in [6, 6.07) is 17.6. The number of nitriles is 1. The molecular formula is C18H15N5O. The van der Waals surface area contributed by atoms with Crippen molar-refractivity contribution in [2.45, 2.75) is 6.17 Å². The van der Waals surface area contributed by atoms with Crippen LogP contribution in [0.1, 0.15) is 17.3 Å². The lowest BCUT2D eigenvalue weighted by Crippen LogP contribution is -2.22. The molecule has 1 aliphatic heterocycles. The number of hydrogen-bond acceptors (Lipinski definition) is 5. The quantitative estimate of drug-likeness (QED) is 0.678. The van der Waals surface area contributed by atoms with E-state index in [4.69, 9.17) is 10.1 Å². The van der Waals surface area contributed by atoms with E-state index in [0.717, 1.165) is 22.2 Å². The van der Waals surface area contributed by atoms with Gasteiger partial charge in [-0.15, -0.1) is 0 Å². The SMILES string of the molecule is COc1ccc(C2NNc3c(C#N)c(=N)c4ccccc4n32)cc1. The number of hydrogen-bond donors (Lipinski definition) is 3. The van der Waals surface area contributed by atoms with Crippen molar-refractivity contribution in [3.05, 3.63) is 65.0 Å². The Bertz CT molecular complexity index is 1030. The maximum atomic E-state index is 9.50. The number of para-hydroxylation sites is 1. The highest BCUT2D eigenvalue weighted by molar-refractivity contribution is 5.84. The van der Waals surface area contributed by atoms with Crippen LogP contribution in [0.3, 0.4) is 0 Å². The predicted octanol–water partition coefficient (Wildman–Crippen LogP) is 2.48. The summed E-state index contributed by atoms with van der Waals surface area (Å²) < 4.78 is 7.23. The van der Waals surface area contributed by atoms with E-state index in [0.29, 0.717) is 11.4 Å². The Morgan fingerprint density at radius 2 is 1.92 bits per heavy atom. The van der Waals surface area contributed by atoms with Crippen molar-refractivity contribution in [2.24, 2.45) is 0 Å². The Kier molecular flexibility index (Phi) is 3.22. The van der Waals surface area contributed by atoms with E-state index < -0.39 is 0 Å². The van der Waals surface area contributed by atoms with E-state index in [-0.39, 0.29) is 11.5 Å². The molecule has 0 saturated carbocycles. The third kappa shape index (κ3) is 1.96. The fraction of sp³-hybridized carbons (Fsp3) is 0.111. The lowest BCUT2D eigenvalue weighted by atomic mass is 10.1. The first-order valence-corrected chi connectivity index (χ1v) is 7.52. The van der Waals surface area contributed by atoms with Gasteiger partial charge in [0.1, 0.15) is 29.4 Å². The molecule has 3 aromatic rings. The fourth-order valence-electron chi connectivity index (χ4n) is 3.11. The summed E-state index contributed by atoms with van der Waals surface area (Å²) in [7, 11) is 1.64. The molecule has 6 nitrogen and oxygen atoms in total. The number of aromatic nitrogens is 1. The van der Waals surface area contributed by atoms with E-state index >= 15 is 0 Å². The Balaban J connectivity index is 1.98. The monoisotopic (exact) mass is 317 g/mol. The third-order valence-corrected chi connectivity index (χ3v) is 4.29. The molecule has 6 heteroatoms. The number of ether oxygens (including phenoxy) is 1. The molecule has 0 aliphatic carbocycles. The zero-order valence-electron chi connectivity index (χ0n) is 13.0. The van der Waals surface area contributed by atoms with Crippen LogP contribution in [-0.4, -0.2) is 11.7 Å². The molecule has 24 heavy (non-hydrogen) atoms. The molecule has 1 aliphatic rings. The largest absolute Gasteiger partial charge is 0.497 e. The molecule has 2 heterocycles. The standard InChI is InChI=1S/C18H15N5O/c1-24-12-8-6-11(7-9-12)17-21-22-18-14(10-19)16(20)13-4-2-3-5-15(13)23(17)18/h2-9,17,20-22H,1H3. The van der Waals surface area contributed by atoms with Gasteiger partial charge in [-0.25, -0.2) is 5.43 Å². The lowest BCUT2D eigenvalue weighted by molar-refractivity contribution is 0.414. The van der Waals surface area contributed by atoms with Crippen molar-refractivity contribution >= 4 is 16.7 Å².